The van der Waals surface area contributed by atoms with Gasteiger partial charge in [0.1, 0.15) is 5.82 Å². The van der Waals surface area contributed by atoms with Crippen molar-refractivity contribution in [3.05, 3.63) is 29.6 Å². The molecule has 0 unspecified atom stereocenters. The molecule has 0 aromatic heterocycles. The summed E-state index contributed by atoms with van der Waals surface area (Å²) >= 11 is 0. The zero-order chi connectivity index (χ0) is 15.6. The molecule has 0 saturated heterocycles. The summed E-state index contributed by atoms with van der Waals surface area (Å²) in [5, 5.41) is 8.78. The minimum Gasteiger partial charge on any atom is -0.478 e. The van der Waals surface area contributed by atoms with Crippen LogP contribution in [0.3, 0.4) is 0 Å². The summed E-state index contributed by atoms with van der Waals surface area (Å²) in [6, 6.07) is 2.59. The van der Waals surface area contributed by atoms with E-state index in [1.165, 1.54) is 7.11 Å². The number of hydrogen-bond acceptors (Lipinski definition) is 4. The third kappa shape index (κ3) is 3.99. The maximum absolute atomic E-state index is 13.2. The van der Waals surface area contributed by atoms with Crippen molar-refractivity contribution < 1.29 is 27.4 Å². The summed E-state index contributed by atoms with van der Waals surface area (Å²) in [5.74, 6) is -2.52. The first kappa shape index (κ1) is 16.5. The molecule has 112 valence electrons. The first-order valence-corrected chi connectivity index (χ1v) is 7.15. The number of carbonyl (C=O) groups is 1. The van der Waals surface area contributed by atoms with Gasteiger partial charge in [0.25, 0.3) is 0 Å². The van der Waals surface area contributed by atoms with Crippen LogP contribution in [-0.4, -0.2) is 38.7 Å². The SMILES string of the molecule is COC(C)(C)CNS(=O)(=O)c1ccc(F)c(C(=O)O)c1. The van der Waals surface area contributed by atoms with E-state index in [-0.39, 0.29) is 11.4 Å². The largest absolute Gasteiger partial charge is 0.478 e. The second-order valence-electron chi connectivity index (χ2n) is 4.74. The lowest BCUT2D eigenvalue weighted by atomic mass is 10.1. The number of halogens is 1. The molecular weight excluding hydrogens is 289 g/mol. The van der Waals surface area contributed by atoms with Gasteiger partial charge in [0.2, 0.25) is 10.0 Å². The smallest absolute Gasteiger partial charge is 0.338 e. The molecule has 1 rings (SSSR count). The van der Waals surface area contributed by atoms with Gasteiger partial charge in [-0.15, -0.1) is 0 Å². The van der Waals surface area contributed by atoms with Crippen LogP contribution in [0.25, 0.3) is 0 Å². The molecule has 0 radical (unpaired) electrons. The Bertz CT molecular complexity index is 612. The van der Waals surface area contributed by atoms with Crippen LogP contribution in [0.5, 0.6) is 0 Å². The number of hydrogen-bond donors (Lipinski definition) is 2. The predicted molar refractivity (Wildman–Crippen MR) is 69.6 cm³/mol. The van der Waals surface area contributed by atoms with Crippen LogP contribution in [-0.2, 0) is 14.8 Å². The lowest BCUT2D eigenvalue weighted by Crippen LogP contribution is -2.39. The van der Waals surface area contributed by atoms with Crippen molar-refractivity contribution in [2.24, 2.45) is 0 Å². The molecule has 20 heavy (non-hydrogen) atoms. The molecule has 0 saturated carbocycles. The average Bonchev–Trinajstić information content (AvgIpc) is 2.36. The number of aromatic carboxylic acids is 1. The van der Waals surface area contributed by atoms with E-state index in [4.69, 9.17) is 9.84 Å². The van der Waals surface area contributed by atoms with Crippen LogP contribution in [0.15, 0.2) is 23.1 Å². The van der Waals surface area contributed by atoms with E-state index in [2.05, 4.69) is 4.72 Å². The van der Waals surface area contributed by atoms with Crippen molar-refractivity contribution in [3.8, 4) is 0 Å². The van der Waals surface area contributed by atoms with E-state index >= 15 is 0 Å². The highest BCUT2D eigenvalue weighted by Gasteiger charge is 2.23. The average molecular weight is 305 g/mol. The Morgan fingerprint density at radius 1 is 1.45 bits per heavy atom. The Morgan fingerprint density at radius 2 is 2.05 bits per heavy atom. The Balaban J connectivity index is 3.05. The summed E-state index contributed by atoms with van der Waals surface area (Å²) < 4.78 is 44.6. The van der Waals surface area contributed by atoms with Gasteiger partial charge in [-0.2, -0.15) is 0 Å². The zero-order valence-corrected chi connectivity index (χ0v) is 12.1. The highest BCUT2D eigenvalue weighted by Crippen LogP contribution is 2.16. The molecule has 0 amide bonds. The van der Waals surface area contributed by atoms with Crippen LogP contribution >= 0.6 is 0 Å². The van der Waals surface area contributed by atoms with Gasteiger partial charge in [0, 0.05) is 13.7 Å². The predicted octanol–water partition coefficient (Wildman–Crippen LogP) is 1.23. The minimum absolute atomic E-state index is 0.00832. The van der Waals surface area contributed by atoms with Gasteiger partial charge in [-0.3, -0.25) is 0 Å². The fourth-order valence-corrected chi connectivity index (χ4v) is 2.48. The molecule has 8 heteroatoms. The van der Waals surface area contributed by atoms with Gasteiger partial charge in [0.15, 0.2) is 0 Å². The molecule has 1 aromatic carbocycles. The third-order valence-electron chi connectivity index (χ3n) is 2.72. The van der Waals surface area contributed by atoms with Crippen molar-refractivity contribution in [1.29, 1.82) is 0 Å². The number of ether oxygens (including phenoxy) is 1. The van der Waals surface area contributed by atoms with Gasteiger partial charge < -0.3 is 9.84 Å². The molecule has 0 aliphatic carbocycles. The van der Waals surface area contributed by atoms with Crippen molar-refractivity contribution in [3.63, 3.8) is 0 Å². The van der Waals surface area contributed by atoms with Crippen molar-refractivity contribution in [2.75, 3.05) is 13.7 Å². The van der Waals surface area contributed by atoms with Crippen LogP contribution in [0.2, 0.25) is 0 Å². The van der Waals surface area contributed by atoms with E-state index in [9.17, 15) is 17.6 Å². The molecule has 2 N–H and O–H groups in total. The summed E-state index contributed by atoms with van der Waals surface area (Å²) in [4.78, 5) is 10.5. The van der Waals surface area contributed by atoms with Gasteiger partial charge >= 0.3 is 5.97 Å². The molecule has 1 aromatic rings. The molecule has 0 aliphatic rings. The molecule has 0 spiro atoms. The number of sulfonamides is 1. The summed E-state index contributed by atoms with van der Waals surface area (Å²) in [7, 11) is -2.50. The number of nitrogens with one attached hydrogen (secondary N) is 1. The fraction of sp³-hybridized carbons (Fsp3) is 0.417. The van der Waals surface area contributed by atoms with Gasteiger partial charge in [0.05, 0.1) is 16.1 Å². The zero-order valence-electron chi connectivity index (χ0n) is 11.3. The number of carboxylic acid groups (broad SMARTS) is 1. The van der Waals surface area contributed by atoms with E-state index in [0.717, 1.165) is 18.2 Å². The first-order valence-electron chi connectivity index (χ1n) is 5.67. The van der Waals surface area contributed by atoms with Crippen LogP contribution in [0.4, 0.5) is 4.39 Å². The fourth-order valence-electron chi connectivity index (χ4n) is 1.26. The summed E-state index contributed by atoms with van der Waals surface area (Å²) in [6.07, 6.45) is 0. The number of carboxylic acids is 1. The number of benzene rings is 1. The Kier molecular flexibility index (Phi) is 4.85. The van der Waals surface area contributed by atoms with Crippen LogP contribution < -0.4 is 4.72 Å². The van der Waals surface area contributed by atoms with Gasteiger partial charge in [-0.1, -0.05) is 0 Å². The lowest BCUT2D eigenvalue weighted by molar-refractivity contribution is 0.0276. The maximum atomic E-state index is 13.2. The highest BCUT2D eigenvalue weighted by molar-refractivity contribution is 7.89. The molecule has 0 aliphatic heterocycles. The molecular formula is C12H16FNO5S. The molecule has 0 heterocycles. The standard InChI is InChI=1S/C12H16FNO5S/c1-12(2,19-3)7-14-20(17,18)8-4-5-10(13)9(6-8)11(15)16/h4-6,14H,7H2,1-3H3,(H,15,16). The number of rotatable bonds is 6. The number of methoxy groups -OCH3 is 1. The quantitative estimate of drug-likeness (QED) is 0.824. The normalized spacial score (nSPS) is 12.4. The van der Waals surface area contributed by atoms with Crippen molar-refractivity contribution in [1.82, 2.24) is 4.72 Å². The topological polar surface area (TPSA) is 92.7 Å². The highest BCUT2D eigenvalue weighted by atomic mass is 32.2. The lowest BCUT2D eigenvalue weighted by Gasteiger charge is -2.23. The summed E-state index contributed by atoms with van der Waals surface area (Å²) in [5.41, 5.74) is -1.42. The Hall–Kier alpha value is -1.51. The Labute approximate surface area is 116 Å². The molecule has 6 nitrogen and oxygen atoms in total. The second-order valence-corrected chi connectivity index (χ2v) is 6.50. The van der Waals surface area contributed by atoms with E-state index in [0.29, 0.717) is 0 Å². The van der Waals surface area contributed by atoms with Crippen LogP contribution in [0, 0.1) is 5.82 Å². The van der Waals surface area contributed by atoms with Crippen molar-refractivity contribution in [2.45, 2.75) is 24.3 Å². The molecule has 0 atom stereocenters. The minimum atomic E-state index is -3.94. The maximum Gasteiger partial charge on any atom is 0.338 e. The van der Waals surface area contributed by atoms with E-state index in [1.54, 1.807) is 13.8 Å². The molecule has 0 fully saturated rings. The second kappa shape index (κ2) is 5.86. The Morgan fingerprint density at radius 3 is 2.55 bits per heavy atom. The van der Waals surface area contributed by atoms with Crippen LogP contribution in [0.1, 0.15) is 24.2 Å². The van der Waals surface area contributed by atoms with Gasteiger partial charge in [-0.05, 0) is 32.0 Å². The molecule has 0 bridgehead atoms. The van der Waals surface area contributed by atoms with Crippen molar-refractivity contribution >= 4 is 16.0 Å². The monoisotopic (exact) mass is 305 g/mol. The summed E-state index contributed by atoms with van der Waals surface area (Å²) in [6.45, 7) is 3.36. The third-order valence-corrected chi connectivity index (χ3v) is 4.12. The van der Waals surface area contributed by atoms with Gasteiger partial charge in [-0.25, -0.2) is 22.3 Å². The van der Waals surface area contributed by atoms with E-state index < -0.39 is 33.0 Å². The van der Waals surface area contributed by atoms with E-state index in [1.807, 2.05) is 0 Å². The first-order chi connectivity index (χ1) is 9.09.